The van der Waals surface area contributed by atoms with Crippen molar-refractivity contribution in [3.05, 3.63) is 29.8 Å². The largest absolute Gasteiger partial charge is 0.478 e. The monoisotopic (exact) mass is 240 g/mol. The summed E-state index contributed by atoms with van der Waals surface area (Å²) in [7, 11) is 0. The average Bonchev–Trinajstić information content (AvgIpc) is 2.06. The molecule has 1 nitrogen and oxygen atoms in total. The van der Waals surface area contributed by atoms with E-state index in [1.807, 2.05) is 12.1 Å². The molecule has 1 unspecified atom stereocenters. The molecule has 0 radical (unpaired) electrons. The summed E-state index contributed by atoms with van der Waals surface area (Å²) in [6.07, 6.45) is 1.07. The first kappa shape index (κ1) is 9.07. The van der Waals surface area contributed by atoms with Gasteiger partial charge in [-0.1, -0.05) is 32.0 Å². The standard InChI is InChI=1S/C11H13BrO/c1-11(2)7-8-5-3-4-6-9(8)13-10(11)12/h3-6,10H,7H2,1-2H3. The van der Waals surface area contributed by atoms with Crippen LogP contribution in [0.15, 0.2) is 24.3 Å². The highest BCUT2D eigenvalue weighted by Gasteiger charge is 2.34. The maximum atomic E-state index is 5.76. The minimum Gasteiger partial charge on any atom is -0.478 e. The van der Waals surface area contributed by atoms with Crippen LogP contribution in [0.1, 0.15) is 19.4 Å². The van der Waals surface area contributed by atoms with Crippen molar-refractivity contribution in [1.29, 1.82) is 0 Å². The van der Waals surface area contributed by atoms with Gasteiger partial charge in [-0.2, -0.15) is 0 Å². The molecule has 1 atom stereocenters. The van der Waals surface area contributed by atoms with Crippen LogP contribution in [0.2, 0.25) is 0 Å². The van der Waals surface area contributed by atoms with Crippen LogP contribution in [-0.4, -0.2) is 5.01 Å². The normalized spacial score (nSPS) is 24.7. The molecule has 70 valence electrons. The highest BCUT2D eigenvalue weighted by molar-refractivity contribution is 9.09. The predicted molar refractivity (Wildman–Crippen MR) is 57.3 cm³/mol. The van der Waals surface area contributed by atoms with Crippen LogP contribution in [0.25, 0.3) is 0 Å². The Balaban J connectivity index is 2.39. The molecule has 13 heavy (non-hydrogen) atoms. The van der Waals surface area contributed by atoms with Crippen molar-refractivity contribution in [2.75, 3.05) is 0 Å². The number of rotatable bonds is 0. The van der Waals surface area contributed by atoms with E-state index in [0.717, 1.165) is 12.2 Å². The van der Waals surface area contributed by atoms with E-state index >= 15 is 0 Å². The van der Waals surface area contributed by atoms with Crippen LogP contribution in [0.4, 0.5) is 0 Å². The number of hydrogen-bond acceptors (Lipinski definition) is 1. The van der Waals surface area contributed by atoms with E-state index in [2.05, 4.69) is 41.9 Å². The second-order valence-corrected chi connectivity index (χ2v) is 5.04. The number of benzene rings is 1. The molecule has 0 bridgehead atoms. The quantitative estimate of drug-likeness (QED) is 0.633. The van der Waals surface area contributed by atoms with Crippen molar-refractivity contribution >= 4 is 15.9 Å². The summed E-state index contributed by atoms with van der Waals surface area (Å²) in [5, 5.41) is 0.120. The fourth-order valence-electron chi connectivity index (χ4n) is 1.61. The van der Waals surface area contributed by atoms with Crippen molar-refractivity contribution in [2.24, 2.45) is 5.41 Å². The van der Waals surface area contributed by atoms with E-state index in [4.69, 9.17) is 4.74 Å². The fourth-order valence-corrected chi connectivity index (χ4v) is 1.97. The van der Waals surface area contributed by atoms with Crippen molar-refractivity contribution < 1.29 is 4.74 Å². The molecule has 0 saturated heterocycles. The second-order valence-electron chi connectivity index (χ2n) is 4.21. The first-order chi connectivity index (χ1) is 6.09. The van der Waals surface area contributed by atoms with E-state index in [0.29, 0.717) is 0 Å². The van der Waals surface area contributed by atoms with E-state index < -0.39 is 0 Å². The summed E-state index contributed by atoms with van der Waals surface area (Å²) >= 11 is 3.56. The van der Waals surface area contributed by atoms with Gasteiger partial charge in [0.2, 0.25) is 0 Å². The summed E-state index contributed by atoms with van der Waals surface area (Å²) in [6, 6.07) is 8.23. The number of hydrogen-bond donors (Lipinski definition) is 0. The maximum absolute atomic E-state index is 5.76. The predicted octanol–water partition coefficient (Wildman–Crippen LogP) is 3.37. The van der Waals surface area contributed by atoms with Crippen LogP contribution < -0.4 is 4.74 Å². The molecular weight excluding hydrogens is 228 g/mol. The van der Waals surface area contributed by atoms with Gasteiger partial charge in [-0.15, -0.1) is 0 Å². The topological polar surface area (TPSA) is 9.23 Å². The molecule has 2 rings (SSSR count). The highest BCUT2D eigenvalue weighted by Crippen LogP contribution is 2.40. The van der Waals surface area contributed by atoms with Crippen LogP contribution in [0.3, 0.4) is 0 Å². The molecule has 0 aliphatic carbocycles. The SMILES string of the molecule is CC1(C)Cc2ccccc2OC1Br. The maximum Gasteiger partial charge on any atom is 0.158 e. The Bertz CT molecular complexity index is 320. The van der Waals surface area contributed by atoms with Gasteiger partial charge < -0.3 is 4.74 Å². The summed E-state index contributed by atoms with van der Waals surface area (Å²) < 4.78 is 5.76. The zero-order valence-electron chi connectivity index (χ0n) is 7.88. The fraction of sp³-hybridized carbons (Fsp3) is 0.455. The molecule has 2 heteroatoms. The van der Waals surface area contributed by atoms with Gasteiger partial charge in [0.25, 0.3) is 0 Å². The molecule has 1 aliphatic rings. The van der Waals surface area contributed by atoms with Crippen molar-refractivity contribution in [3.8, 4) is 5.75 Å². The van der Waals surface area contributed by atoms with Gasteiger partial charge in [0.05, 0.1) is 0 Å². The lowest BCUT2D eigenvalue weighted by molar-refractivity contribution is 0.130. The number of alkyl halides is 1. The summed E-state index contributed by atoms with van der Waals surface area (Å²) in [6.45, 7) is 4.42. The Morgan fingerprint density at radius 3 is 2.85 bits per heavy atom. The minimum absolute atomic E-state index is 0.120. The van der Waals surface area contributed by atoms with Gasteiger partial charge in [-0.3, -0.25) is 0 Å². The second kappa shape index (κ2) is 3.02. The molecule has 0 spiro atoms. The molecule has 1 aromatic carbocycles. The summed E-state index contributed by atoms with van der Waals surface area (Å²) in [4.78, 5) is 0. The Kier molecular flexibility index (Phi) is 2.11. The van der Waals surface area contributed by atoms with Gasteiger partial charge in [-0.25, -0.2) is 0 Å². The Morgan fingerprint density at radius 2 is 2.08 bits per heavy atom. The molecule has 0 N–H and O–H groups in total. The van der Waals surface area contributed by atoms with Gasteiger partial charge in [0, 0.05) is 5.41 Å². The molecule has 0 saturated carbocycles. The van der Waals surface area contributed by atoms with Crippen LogP contribution in [0.5, 0.6) is 5.75 Å². The Hall–Kier alpha value is -0.500. The number of fused-ring (bicyclic) bond motifs is 1. The van der Waals surface area contributed by atoms with Gasteiger partial charge in [0.1, 0.15) is 5.75 Å². The number of halogens is 1. The molecule has 1 heterocycles. The van der Waals surface area contributed by atoms with Crippen LogP contribution in [0, 0.1) is 5.41 Å². The molecular formula is C11H13BrO. The van der Waals surface area contributed by atoms with E-state index in [1.54, 1.807) is 0 Å². The van der Waals surface area contributed by atoms with E-state index in [-0.39, 0.29) is 10.4 Å². The summed E-state index contributed by atoms with van der Waals surface area (Å²) in [5.41, 5.74) is 1.48. The lowest BCUT2D eigenvalue weighted by Gasteiger charge is -2.36. The zero-order valence-corrected chi connectivity index (χ0v) is 9.47. The van der Waals surface area contributed by atoms with Crippen LogP contribution >= 0.6 is 15.9 Å². The third kappa shape index (κ3) is 1.60. The van der Waals surface area contributed by atoms with Crippen molar-refractivity contribution in [2.45, 2.75) is 25.3 Å². The number of ether oxygens (including phenoxy) is 1. The molecule has 1 aromatic rings. The molecule has 0 amide bonds. The molecule has 0 aromatic heterocycles. The Morgan fingerprint density at radius 1 is 1.38 bits per heavy atom. The van der Waals surface area contributed by atoms with Gasteiger partial charge in [-0.05, 0) is 34.0 Å². The van der Waals surface area contributed by atoms with E-state index in [1.165, 1.54) is 5.56 Å². The lowest BCUT2D eigenvalue weighted by atomic mass is 9.84. The third-order valence-corrected chi connectivity index (χ3v) is 3.89. The van der Waals surface area contributed by atoms with E-state index in [9.17, 15) is 0 Å². The Labute approximate surface area is 87.2 Å². The van der Waals surface area contributed by atoms with Gasteiger partial charge in [0.15, 0.2) is 5.01 Å². The van der Waals surface area contributed by atoms with Crippen LogP contribution in [-0.2, 0) is 6.42 Å². The van der Waals surface area contributed by atoms with Crippen molar-refractivity contribution in [3.63, 3.8) is 0 Å². The average molecular weight is 241 g/mol. The first-order valence-electron chi connectivity index (χ1n) is 4.48. The van der Waals surface area contributed by atoms with Gasteiger partial charge >= 0.3 is 0 Å². The minimum atomic E-state index is 0.120. The number of para-hydroxylation sites is 1. The smallest absolute Gasteiger partial charge is 0.158 e. The lowest BCUT2D eigenvalue weighted by Crippen LogP contribution is -2.35. The van der Waals surface area contributed by atoms with Crippen molar-refractivity contribution in [1.82, 2.24) is 0 Å². The third-order valence-electron chi connectivity index (χ3n) is 2.46. The molecule has 0 fully saturated rings. The first-order valence-corrected chi connectivity index (χ1v) is 5.40. The molecule has 1 aliphatic heterocycles. The summed E-state index contributed by atoms with van der Waals surface area (Å²) in [5.74, 6) is 1.02. The highest BCUT2D eigenvalue weighted by atomic mass is 79.9. The zero-order chi connectivity index (χ0) is 9.47.